The molecule has 0 aliphatic heterocycles. The predicted octanol–water partition coefficient (Wildman–Crippen LogP) is 3.26. The number of alkyl halides is 3. The van der Waals surface area contributed by atoms with Gasteiger partial charge in [0.15, 0.2) is 0 Å². The minimum atomic E-state index is -4.67. The van der Waals surface area contributed by atoms with Crippen molar-refractivity contribution in [2.45, 2.75) is 39.3 Å². The molecule has 0 aliphatic rings. The maximum atomic E-state index is 12.8. The summed E-state index contributed by atoms with van der Waals surface area (Å²) >= 11 is 0. The summed E-state index contributed by atoms with van der Waals surface area (Å²) in [6.45, 7) is 6.48. The van der Waals surface area contributed by atoms with Crippen molar-refractivity contribution in [2.24, 2.45) is 0 Å². The van der Waals surface area contributed by atoms with Crippen LogP contribution in [0, 0.1) is 17.0 Å². The zero-order valence-electron chi connectivity index (χ0n) is 11.8. The van der Waals surface area contributed by atoms with Gasteiger partial charge in [0.25, 0.3) is 0 Å². The molecule has 2 aromatic heterocycles. The van der Waals surface area contributed by atoms with Crippen molar-refractivity contribution in [1.29, 1.82) is 0 Å². The summed E-state index contributed by atoms with van der Waals surface area (Å²) in [4.78, 5) is 13.9. The van der Waals surface area contributed by atoms with Crippen LogP contribution < -0.4 is 0 Å². The fourth-order valence-corrected chi connectivity index (χ4v) is 1.97. The first-order valence-corrected chi connectivity index (χ1v) is 6.05. The average Bonchev–Trinajstić information content (AvgIpc) is 2.67. The summed E-state index contributed by atoms with van der Waals surface area (Å²) in [5.74, 6) is 0. The number of aryl methyl sites for hydroxylation is 1. The van der Waals surface area contributed by atoms with E-state index in [1.54, 1.807) is 20.8 Å². The topological polar surface area (TPSA) is 73.3 Å². The van der Waals surface area contributed by atoms with E-state index in [2.05, 4.69) is 10.1 Å². The molecule has 2 rings (SSSR count). The minimum Gasteiger partial charge on any atom is -0.258 e. The van der Waals surface area contributed by atoms with Crippen LogP contribution in [0.5, 0.6) is 0 Å². The van der Waals surface area contributed by atoms with Crippen LogP contribution >= 0.6 is 0 Å². The molecule has 0 spiro atoms. The molecule has 0 aliphatic carbocycles. The SMILES string of the molecule is Cc1cc(C(F)(F)F)nc2c([N+](=O)[O-])c(C(C)(C)C)nn12. The highest BCUT2D eigenvalue weighted by Gasteiger charge is 2.37. The Morgan fingerprint density at radius 2 is 1.86 bits per heavy atom. The predicted molar refractivity (Wildman–Crippen MR) is 68.1 cm³/mol. The molecule has 21 heavy (non-hydrogen) atoms. The first kappa shape index (κ1) is 15.2. The lowest BCUT2D eigenvalue weighted by atomic mass is 9.91. The molecule has 6 nitrogen and oxygen atoms in total. The van der Waals surface area contributed by atoms with Crippen molar-refractivity contribution >= 4 is 11.3 Å². The van der Waals surface area contributed by atoms with Crippen LogP contribution in [0.1, 0.15) is 37.9 Å². The van der Waals surface area contributed by atoms with Gasteiger partial charge in [0.05, 0.1) is 4.92 Å². The molecule has 0 saturated heterocycles. The zero-order chi connectivity index (χ0) is 16.2. The second-order valence-electron chi connectivity index (χ2n) is 5.72. The van der Waals surface area contributed by atoms with Gasteiger partial charge in [-0.3, -0.25) is 10.1 Å². The molecule has 0 bridgehead atoms. The van der Waals surface area contributed by atoms with Gasteiger partial charge >= 0.3 is 11.9 Å². The van der Waals surface area contributed by atoms with Crippen molar-refractivity contribution in [1.82, 2.24) is 14.6 Å². The number of nitrogens with zero attached hydrogens (tertiary/aromatic N) is 4. The first-order chi connectivity index (χ1) is 9.43. The molecule has 0 radical (unpaired) electrons. The number of nitro groups is 1. The molecular weight excluding hydrogens is 289 g/mol. The van der Waals surface area contributed by atoms with E-state index in [4.69, 9.17) is 0 Å². The van der Waals surface area contributed by atoms with E-state index in [-0.39, 0.29) is 11.4 Å². The molecule has 0 saturated carbocycles. The summed E-state index contributed by atoms with van der Waals surface area (Å²) in [6.07, 6.45) is -4.67. The van der Waals surface area contributed by atoms with Crippen LogP contribution in [0.25, 0.3) is 5.65 Å². The highest BCUT2D eigenvalue weighted by atomic mass is 19.4. The van der Waals surface area contributed by atoms with Gasteiger partial charge in [0, 0.05) is 11.1 Å². The largest absolute Gasteiger partial charge is 0.433 e. The third-order valence-electron chi connectivity index (χ3n) is 2.93. The maximum absolute atomic E-state index is 12.8. The molecule has 2 heterocycles. The number of rotatable bonds is 1. The highest BCUT2D eigenvalue weighted by Crippen LogP contribution is 2.35. The molecule has 0 atom stereocenters. The lowest BCUT2D eigenvalue weighted by molar-refractivity contribution is -0.384. The van der Waals surface area contributed by atoms with Gasteiger partial charge < -0.3 is 0 Å². The van der Waals surface area contributed by atoms with Crippen molar-refractivity contribution in [3.8, 4) is 0 Å². The number of fused-ring (bicyclic) bond motifs is 1. The van der Waals surface area contributed by atoms with E-state index in [1.165, 1.54) is 6.92 Å². The monoisotopic (exact) mass is 302 g/mol. The first-order valence-electron chi connectivity index (χ1n) is 6.05. The lowest BCUT2D eigenvalue weighted by Gasteiger charge is -2.13. The van der Waals surface area contributed by atoms with Gasteiger partial charge in [-0.25, -0.2) is 9.50 Å². The van der Waals surface area contributed by atoms with E-state index in [1.807, 2.05) is 0 Å². The fourth-order valence-electron chi connectivity index (χ4n) is 1.97. The highest BCUT2D eigenvalue weighted by molar-refractivity contribution is 5.64. The lowest BCUT2D eigenvalue weighted by Crippen LogP contribution is -2.14. The Morgan fingerprint density at radius 3 is 2.29 bits per heavy atom. The van der Waals surface area contributed by atoms with Gasteiger partial charge in [-0.2, -0.15) is 18.3 Å². The molecular formula is C12H13F3N4O2. The molecule has 0 fully saturated rings. The van der Waals surface area contributed by atoms with E-state index in [9.17, 15) is 23.3 Å². The van der Waals surface area contributed by atoms with Crippen molar-refractivity contribution in [3.63, 3.8) is 0 Å². The third-order valence-corrected chi connectivity index (χ3v) is 2.93. The van der Waals surface area contributed by atoms with Crippen LogP contribution in [0.2, 0.25) is 0 Å². The number of hydrogen-bond acceptors (Lipinski definition) is 4. The second kappa shape index (κ2) is 4.40. The molecule has 0 N–H and O–H groups in total. The minimum absolute atomic E-state index is 0.0995. The fraction of sp³-hybridized carbons (Fsp3) is 0.500. The van der Waals surface area contributed by atoms with E-state index in [0.717, 1.165) is 10.6 Å². The normalized spacial score (nSPS) is 12.9. The van der Waals surface area contributed by atoms with Crippen LogP contribution in [0.15, 0.2) is 6.07 Å². The summed E-state index contributed by atoms with van der Waals surface area (Å²) in [7, 11) is 0. The smallest absolute Gasteiger partial charge is 0.258 e. The standard InChI is InChI=1S/C12H13F3N4O2/c1-6-5-7(12(13,14)15)16-10-8(19(20)21)9(11(2,3)4)17-18(6)10/h5H,1-4H3. The molecule has 2 aromatic rings. The van der Waals surface area contributed by atoms with E-state index in [0.29, 0.717) is 0 Å². The summed E-state index contributed by atoms with van der Waals surface area (Å²) in [5, 5.41) is 15.3. The van der Waals surface area contributed by atoms with Gasteiger partial charge in [-0.15, -0.1) is 0 Å². The van der Waals surface area contributed by atoms with Crippen molar-refractivity contribution in [2.75, 3.05) is 0 Å². The molecule has 0 unspecified atom stereocenters. The maximum Gasteiger partial charge on any atom is 0.433 e. The Kier molecular flexibility index (Phi) is 3.19. The summed E-state index contributed by atoms with van der Waals surface area (Å²) in [5.41, 5.74) is -2.51. The Balaban J connectivity index is 2.91. The van der Waals surface area contributed by atoms with E-state index < -0.39 is 33.5 Å². The quantitative estimate of drug-likeness (QED) is 0.598. The van der Waals surface area contributed by atoms with E-state index >= 15 is 0 Å². The number of halogens is 3. The number of aromatic nitrogens is 3. The Morgan fingerprint density at radius 1 is 1.29 bits per heavy atom. The zero-order valence-corrected chi connectivity index (χ0v) is 11.8. The van der Waals surface area contributed by atoms with Gasteiger partial charge in [-0.05, 0) is 13.0 Å². The Bertz CT molecular complexity index is 729. The van der Waals surface area contributed by atoms with Crippen molar-refractivity contribution in [3.05, 3.63) is 33.3 Å². The van der Waals surface area contributed by atoms with Crippen molar-refractivity contribution < 1.29 is 18.1 Å². The summed E-state index contributed by atoms with van der Waals surface area (Å²) < 4.78 is 39.5. The van der Waals surface area contributed by atoms with Crippen LogP contribution in [-0.2, 0) is 11.6 Å². The third kappa shape index (κ3) is 2.55. The number of hydrogen-bond donors (Lipinski definition) is 0. The van der Waals surface area contributed by atoms with Crippen LogP contribution in [0.3, 0.4) is 0 Å². The average molecular weight is 302 g/mol. The summed E-state index contributed by atoms with van der Waals surface area (Å²) in [6, 6.07) is 0.816. The Hall–Kier alpha value is -2.19. The van der Waals surface area contributed by atoms with Crippen LogP contribution in [0.4, 0.5) is 18.9 Å². The molecule has 0 aromatic carbocycles. The van der Waals surface area contributed by atoms with Gasteiger partial charge in [0.2, 0.25) is 5.65 Å². The molecule has 114 valence electrons. The Labute approximate surface area is 117 Å². The van der Waals surface area contributed by atoms with Gasteiger partial charge in [0.1, 0.15) is 11.4 Å². The second-order valence-corrected chi connectivity index (χ2v) is 5.72. The van der Waals surface area contributed by atoms with Gasteiger partial charge in [-0.1, -0.05) is 20.8 Å². The molecule has 9 heteroatoms. The van der Waals surface area contributed by atoms with Crippen LogP contribution in [-0.4, -0.2) is 19.5 Å². The molecule has 0 amide bonds.